The first-order chi connectivity index (χ1) is 9.19. The molecule has 0 spiro atoms. The van der Waals surface area contributed by atoms with Gasteiger partial charge in [-0.25, -0.2) is 9.97 Å². The van der Waals surface area contributed by atoms with Gasteiger partial charge in [0.25, 0.3) is 0 Å². The summed E-state index contributed by atoms with van der Waals surface area (Å²) in [4.78, 5) is 19.9. The topological polar surface area (TPSA) is 61.3 Å². The van der Waals surface area contributed by atoms with Gasteiger partial charge in [-0.2, -0.15) is 0 Å². The molecule has 1 aliphatic rings. The Kier molecular flexibility index (Phi) is 4.71. The van der Waals surface area contributed by atoms with Gasteiger partial charge in [0.2, 0.25) is 0 Å². The van der Waals surface area contributed by atoms with Crippen LogP contribution in [0.4, 0.5) is 0 Å². The van der Waals surface area contributed by atoms with Crippen LogP contribution in [0.25, 0.3) is 0 Å². The molecule has 0 atom stereocenters. The summed E-state index contributed by atoms with van der Waals surface area (Å²) < 4.78 is 10.8. The van der Waals surface area contributed by atoms with E-state index in [9.17, 15) is 4.79 Å². The van der Waals surface area contributed by atoms with Gasteiger partial charge in [-0.15, -0.1) is 0 Å². The van der Waals surface area contributed by atoms with Crippen LogP contribution in [0.15, 0.2) is 12.4 Å². The monoisotopic (exact) mass is 264 g/mol. The molecular formula is C14H20N2O3. The third-order valence-corrected chi connectivity index (χ3v) is 3.32. The highest BCUT2D eigenvalue weighted by Crippen LogP contribution is 2.27. The average molecular weight is 264 g/mol. The van der Waals surface area contributed by atoms with Gasteiger partial charge < -0.3 is 9.47 Å². The number of rotatable bonds is 4. The van der Waals surface area contributed by atoms with Crippen LogP contribution in [0.1, 0.15) is 38.2 Å². The Balaban J connectivity index is 1.80. The fourth-order valence-electron chi connectivity index (χ4n) is 2.27. The Labute approximate surface area is 113 Å². The number of aromatic nitrogens is 2. The molecule has 1 heterocycles. The second-order valence-electron chi connectivity index (χ2n) is 4.89. The zero-order chi connectivity index (χ0) is 13.7. The summed E-state index contributed by atoms with van der Waals surface area (Å²) in [5.41, 5.74) is 1.01. The molecule has 0 amide bonds. The fraction of sp³-hybridized carbons (Fsp3) is 0.643. The number of nitrogens with zero attached hydrogens (tertiary/aromatic N) is 2. The molecule has 0 aliphatic heterocycles. The van der Waals surface area contributed by atoms with Crippen molar-refractivity contribution in [2.24, 2.45) is 5.92 Å². The highest BCUT2D eigenvalue weighted by molar-refractivity contribution is 5.72. The van der Waals surface area contributed by atoms with E-state index in [1.807, 2.05) is 13.8 Å². The normalized spacial score (nSPS) is 22.8. The predicted octanol–water partition coefficient (Wildman–Crippen LogP) is 2.29. The first-order valence-corrected chi connectivity index (χ1v) is 6.81. The number of aryl methyl sites for hydroxylation is 1. The Bertz CT molecular complexity index is 411. The molecule has 0 unspecified atom stereocenters. The first kappa shape index (κ1) is 13.8. The van der Waals surface area contributed by atoms with Crippen LogP contribution in [0.3, 0.4) is 0 Å². The first-order valence-electron chi connectivity index (χ1n) is 6.81. The molecule has 0 aromatic carbocycles. The average Bonchev–Trinajstić information content (AvgIpc) is 2.42. The van der Waals surface area contributed by atoms with E-state index in [0.717, 1.165) is 31.2 Å². The van der Waals surface area contributed by atoms with E-state index < -0.39 is 0 Å². The molecule has 1 saturated carbocycles. The maximum Gasteiger partial charge on any atom is 0.316 e. The molecule has 104 valence electrons. The smallest absolute Gasteiger partial charge is 0.316 e. The summed E-state index contributed by atoms with van der Waals surface area (Å²) in [7, 11) is 0. The Morgan fingerprint density at radius 3 is 2.47 bits per heavy atom. The fourth-order valence-corrected chi connectivity index (χ4v) is 2.27. The van der Waals surface area contributed by atoms with Gasteiger partial charge in [-0.3, -0.25) is 4.79 Å². The lowest BCUT2D eigenvalue weighted by molar-refractivity contribution is -0.149. The molecule has 1 aromatic heterocycles. The van der Waals surface area contributed by atoms with Gasteiger partial charge in [0.15, 0.2) is 0 Å². The summed E-state index contributed by atoms with van der Waals surface area (Å²) in [5.74, 6) is -0.0497. The molecule has 1 aliphatic carbocycles. The van der Waals surface area contributed by atoms with Crippen molar-refractivity contribution in [1.82, 2.24) is 9.97 Å². The lowest BCUT2D eigenvalue weighted by Gasteiger charge is -2.26. The third-order valence-electron chi connectivity index (χ3n) is 3.32. The molecule has 1 fully saturated rings. The van der Waals surface area contributed by atoms with Gasteiger partial charge in [0.1, 0.15) is 6.10 Å². The zero-order valence-electron chi connectivity index (χ0n) is 11.5. The van der Waals surface area contributed by atoms with Crippen molar-refractivity contribution in [3.05, 3.63) is 18.0 Å². The highest BCUT2D eigenvalue weighted by atomic mass is 16.5. The van der Waals surface area contributed by atoms with Crippen LogP contribution < -0.4 is 4.74 Å². The van der Waals surface area contributed by atoms with Gasteiger partial charge in [0.05, 0.1) is 12.5 Å². The summed E-state index contributed by atoms with van der Waals surface area (Å²) in [6, 6.07) is 0.421. The van der Waals surface area contributed by atoms with E-state index in [4.69, 9.17) is 9.47 Å². The number of hydrogen-bond acceptors (Lipinski definition) is 5. The van der Waals surface area contributed by atoms with Crippen molar-refractivity contribution in [1.29, 1.82) is 0 Å². The van der Waals surface area contributed by atoms with Crippen LogP contribution in [-0.4, -0.2) is 28.6 Å². The van der Waals surface area contributed by atoms with Crippen molar-refractivity contribution in [3.8, 4) is 6.01 Å². The van der Waals surface area contributed by atoms with E-state index in [-0.39, 0.29) is 18.0 Å². The highest BCUT2D eigenvalue weighted by Gasteiger charge is 2.28. The van der Waals surface area contributed by atoms with E-state index in [2.05, 4.69) is 9.97 Å². The van der Waals surface area contributed by atoms with Gasteiger partial charge in [-0.05, 0) is 45.1 Å². The third kappa shape index (κ3) is 3.91. The molecule has 5 heteroatoms. The minimum absolute atomic E-state index is 0.0266. The summed E-state index contributed by atoms with van der Waals surface area (Å²) in [5, 5.41) is 0. The summed E-state index contributed by atoms with van der Waals surface area (Å²) in [6.07, 6.45) is 6.92. The molecule has 0 bridgehead atoms. The molecule has 19 heavy (non-hydrogen) atoms. The standard InChI is InChI=1S/C14H20N2O3/c1-3-18-13(17)11-4-6-12(7-5-11)19-14-15-8-10(2)9-16-14/h8-9,11-12H,3-7H2,1-2H3. The van der Waals surface area contributed by atoms with E-state index in [1.165, 1.54) is 0 Å². The quantitative estimate of drug-likeness (QED) is 0.781. The second-order valence-corrected chi connectivity index (χ2v) is 4.89. The zero-order valence-corrected chi connectivity index (χ0v) is 11.5. The van der Waals surface area contributed by atoms with Crippen LogP contribution >= 0.6 is 0 Å². The Hall–Kier alpha value is -1.65. The van der Waals surface area contributed by atoms with Crippen LogP contribution in [0.5, 0.6) is 6.01 Å². The van der Waals surface area contributed by atoms with E-state index >= 15 is 0 Å². The predicted molar refractivity (Wildman–Crippen MR) is 69.8 cm³/mol. The molecule has 5 nitrogen and oxygen atoms in total. The van der Waals surface area contributed by atoms with Gasteiger partial charge in [0, 0.05) is 12.4 Å². The lowest BCUT2D eigenvalue weighted by Crippen LogP contribution is -2.29. The molecule has 1 aromatic rings. The minimum Gasteiger partial charge on any atom is -0.466 e. The molecule has 0 saturated heterocycles. The van der Waals surface area contributed by atoms with Crippen LogP contribution in [-0.2, 0) is 9.53 Å². The van der Waals surface area contributed by atoms with Crippen molar-refractivity contribution in [2.75, 3.05) is 6.61 Å². The van der Waals surface area contributed by atoms with Crippen LogP contribution in [0, 0.1) is 12.8 Å². The summed E-state index contributed by atoms with van der Waals surface area (Å²) >= 11 is 0. The van der Waals surface area contributed by atoms with E-state index in [1.54, 1.807) is 12.4 Å². The van der Waals surface area contributed by atoms with Crippen LogP contribution in [0.2, 0.25) is 0 Å². The maximum absolute atomic E-state index is 11.6. The number of hydrogen-bond donors (Lipinski definition) is 0. The number of ether oxygens (including phenoxy) is 2. The van der Waals surface area contributed by atoms with E-state index in [0.29, 0.717) is 12.6 Å². The van der Waals surface area contributed by atoms with Crippen molar-refractivity contribution in [3.63, 3.8) is 0 Å². The number of esters is 1. The lowest BCUT2D eigenvalue weighted by atomic mass is 9.87. The Morgan fingerprint density at radius 2 is 1.89 bits per heavy atom. The maximum atomic E-state index is 11.6. The molecule has 2 rings (SSSR count). The van der Waals surface area contributed by atoms with Gasteiger partial charge >= 0.3 is 12.0 Å². The molecule has 0 N–H and O–H groups in total. The Morgan fingerprint density at radius 1 is 1.26 bits per heavy atom. The van der Waals surface area contributed by atoms with Crippen molar-refractivity contribution < 1.29 is 14.3 Å². The molecular weight excluding hydrogens is 244 g/mol. The van der Waals surface area contributed by atoms with Crippen molar-refractivity contribution >= 4 is 5.97 Å². The summed E-state index contributed by atoms with van der Waals surface area (Å²) in [6.45, 7) is 4.22. The largest absolute Gasteiger partial charge is 0.466 e. The van der Waals surface area contributed by atoms with Crippen molar-refractivity contribution in [2.45, 2.75) is 45.6 Å². The minimum atomic E-state index is -0.0764. The van der Waals surface area contributed by atoms with Gasteiger partial charge in [-0.1, -0.05) is 0 Å². The SMILES string of the molecule is CCOC(=O)C1CCC(Oc2ncc(C)cn2)CC1. The second kappa shape index (κ2) is 6.50. The number of carbonyl (C=O) groups is 1. The number of carbonyl (C=O) groups excluding carboxylic acids is 1. The molecule has 0 radical (unpaired) electrons.